The third kappa shape index (κ3) is 4.37. The summed E-state index contributed by atoms with van der Waals surface area (Å²) in [5.41, 5.74) is 6.52. The van der Waals surface area contributed by atoms with Crippen LogP contribution < -0.4 is 15.6 Å². The van der Waals surface area contributed by atoms with Crippen LogP contribution in [0.5, 0.6) is 5.75 Å². The Kier molecular flexibility index (Phi) is 5.31. The Bertz CT molecular complexity index is 798. The molecule has 1 aromatic heterocycles. The Hall–Kier alpha value is -2.85. The van der Waals surface area contributed by atoms with E-state index in [1.807, 2.05) is 12.1 Å². The van der Waals surface area contributed by atoms with Crippen LogP contribution in [0.3, 0.4) is 0 Å². The highest BCUT2D eigenvalue weighted by Crippen LogP contribution is 2.29. The number of nitriles is 1. The molecule has 2 amide bonds. The van der Waals surface area contributed by atoms with E-state index in [1.165, 1.54) is 21.8 Å². The number of amides is 2. The highest BCUT2D eigenvalue weighted by molar-refractivity contribution is 7.14. The normalized spacial score (nSPS) is 12.6. The lowest BCUT2D eigenvalue weighted by molar-refractivity contribution is -0.123. The molecular weight excluding hydrogens is 338 g/mol. The fraction of sp³-hybridized carbons (Fsp3) is 0.278. The average molecular weight is 355 g/mol. The summed E-state index contributed by atoms with van der Waals surface area (Å²) < 4.78 is 5.30. The third-order valence-corrected chi connectivity index (χ3v) is 5.13. The van der Waals surface area contributed by atoms with E-state index in [9.17, 15) is 9.59 Å². The van der Waals surface area contributed by atoms with Crippen molar-refractivity contribution in [1.82, 2.24) is 10.9 Å². The van der Waals surface area contributed by atoms with Crippen molar-refractivity contribution >= 4 is 23.2 Å². The summed E-state index contributed by atoms with van der Waals surface area (Å²) in [4.78, 5) is 25.8. The first-order valence-corrected chi connectivity index (χ1v) is 8.81. The van der Waals surface area contributed by atoms with Gasteiger partial charge in [-0.3, -0.25) is 20.4 Å². The second-order valence-electron chi connectivity index (χ2n) is 5.69. The van der Waals surface area contributed by atoms with Gasteiger partial charge in [0.2, 0.25) is 0 Å². The van der Waals surface area contributed by atoms with Crippen LogP contribution in [0.25, 0.3) is 0 Å². The van der Waals surface area contributed by atoms with Gasteiger partial charge < -0.3 is 4.74 Å². The van der Waals surface area contributed by atoms with Crippen molar-refractivity contribution in [2.75, 3.05) is 6.61 Å². The van der Waals surface area contributed by atoms with E-state index in [1.54, 1.807) is 24.3 Å². The van der Waals surface area contributed by atoms with E-state index in [-0.39, 0.29) is 12.5 Å². The first-order chi connectivity index (χ1) is 12.2. The smallest absolute Gasteiger partial charge is 0.279 e. The summed E-state index contributed by atoms with van der Waals surface area (Å²) in [6.07, 6.45) is 4.37. The number of nitrogens with zero attached hydrogens (tertiary/aromatic N) is 1. The summed E-state index contributed by atoms with van der Waals surface area (Å²) in [5.74, 6) is -0.295. The minimum atomic E-state index is -0.459. The third-order valence-electron chi connectivity index (χ3n) is 3.89. The van der Waals surface area contributed by atoms with Crippen LogP contribution in [0, 0.1) is 11.3 Å². The molecule has 0 saturated heterocycles. The number of hydrogen-bond acceptors (Lipinski definition) is 5. The highest BCUT2D eigenvalue weighted by atomic mass is 32.1. The zero-order valence-electron chi connectivity index (χ0n) is 13.5. The van der Waals surface area contributed by atoms with E-state index in [0.717, 1.165) is 25.7 Å². The van der Waals surface area contributed by atoms with Gasteiger partial charge in [-0.1, -0.05) is 0 Å². The molecule has 0 aliphatic heterocycles. The van der Waals surface area contributed by atoms with Gasteiger partial charge in [0.1, 0.15) is 5.75 Å². The Balaban J connectivity index is 1.46. The molecule has 1 aliphatic carbocycles. The Morgan fingerprint density at radius 1 is 1.16 bits per heavy atom. The van der Waals surface area contributed by atoms with Gasteiger partial charge in [-0.2, -0.15) is 5.26 Å². The standard InChI is InChI=1S/C18H17N3O3S/c19-10-12-5-7-14(8-6-12)24-11-17(22)20-21-18(23)16-9-13-3-1-2-4-15(13)25-16/h5-9H,1-4,11H2,(H,20,22)(H,21,23). The second-order valence-corrected chi connectivity index (χ2v) is 6.83. The Morgan fingerprint density at radius 2 is 1.92 bits per heavy atom. The maximum absolute atomic E-state index is 12.1. The molecule has 0 atom stereocenters. The summed E-state index contributed by atoms with van der Waals surface area (Å²) in [7, 11) is 0. The Morgan fingerprint density at radius 3 is 2.64 bits per heavy atom. The van der Waals surface area contributed by atoms with Gasteiger partial charge in [0.15, 0.2) is 6.61 Å². The number of hydrogen-bond donors (Lipinski definition) is 2. The number of fused-ring (bicyclic) bond motifs is 1. The quantitative estimate of drug-likeness (QED) is 0.824. The molecule has 0 bridgehead atoms. The molecule has 1 aromatic carbocycles. The predicted molar refractivity (Wildman–Crippen MR) is 93.2 cm³/mol. The van der Waals surface area contributed by atoms with Gasteiger partial charge in [0.05, 0.1) is 16.5 Å². The maximum Gasteiger partial charge on any atom is 0.279 e. The maximum atomic E-state index is 12.1. The minimum Gasteiger partial charge on any atom is -0.484 e. The highest BCUT2D eigenvalue weighted by Gasteiger charge is 2.17. The van der Waals surface area contributed by atoms with Crippen molar-refractivity contribution in [3.05, 3.63) is 51.2 Å². The number of carbonyl (C=O) groups excluding carboxylic acids is 2. The van der Waals surface area contributed by atoms with Crippen molar-refractivity contribution in [2.24, 2.45) is 0 Å². The molecule has 1 aliphatic rings. The number of ether oxygens (including phenoxy) is 1. The van der Waals surface area contributed by atoms with Crippen molar-refractivity contribution in [3.8, 4) is 11.8 Å². The monoisotopic (exact) mass is 355 g/mol. The van der Waals surface area contributed by atoms with Crippen LogP contribution in [0.2, 0.25) is 0 Å². The van der Waals surface area contributed by atoms with Crippen molar-refractivity contribution in [2.45, 2.75) is 25.7 Å². The number of aryl methyl sites for hydroxylation is 2. The van der Waals surface area contributed by atoms with E-state index in [0.29, 0.717) is 16.2 Å². The van der Waals surface area contributed by atoms with Crippen molar-refractivity contribution in [1.29, 1.82) is 5.26 Å². The number of hydrazine groups is 1. The van der Waals surface area contributed by atoms with Crippen molar-refractivity contribution in [3.63, 3.8) is 0 Å². The lowest BCUT2D eigenvalue weighted by atomic mass is 9.99. The summed E-state index contributed by atoms with van der Waals surface area (Å²) >= 11 is 1.49. The van der Waals surface area contributed by atoms with E-state index < -0.39 is 5.91 Å². The fourth-order valence-electron chi connectivity index (χ4n) is 2.60. The van der Waals surface area contributed by atoms with Gasteiger partial charge >= 0.3 is 0 Å². The topological polar surface area (TPSA) is 91.2 Å². The summed E-state index contributed by atoms with van der Waals surface area (Å²) in [5, 5.41) is 8.72. The zero-order chi connectivity index (χ0) is 17.6. The van der Waals surface area contributed by atoms with Gasteiger partial charge in [-0.25, -0.2) is 0 Å². The number of rotatable bonds is 4. The molecule has 0 radical (unpaired) electrons. The van der Waals surface area contributed by atoms with Crippen LogP contribution in [0.15, 0.2) is 30.3 Å². The lowest BCUT2D eigenvalue weighted by Crippen LogP contribution is -2.43. The first-order valence-electron chi connectivity index (χ1n) is 7.99. The molecule has 2 aromatic rings. The molecule has 7 heteroatoms. The first kappa shape index (κ1) is 17.0. The van der Waals surface area contributed by atoms with Crippen LogP contribution >= 0.6 is 11.3 Å². The van der Waals surface area contributed by atoms with Crippen LogP contribution in [-0.2, 0) is 17.6 Å². The summed E-state index contributed by atoms with van der Waals surface area (Å²) in [6, 6.07) is 10.3. The van der Waals surface area contributed by atoms with E-state index >= 15 is 0 Å². The molecule has 3 rings (SSSR count). The zero-order valence-corrected chi connectivity index (χ0v) is 14.3. The molecule has 2 N–H and O–H groups in total. The van der Waals surface area contributed by atoms with Gasteiger partial charge in [0, 0.05) is 4.88 Å². The summed E-state index contributed by atoms with van der Waals surface area (Å²) in [6.45, 7) is -0.229. The van der Waals surface area contributed by atoms with Gasteiger partial charge in [0.25, 0.3) is 11.8 Å². The molecule has 25 heavy (non-hydrogen) atoms. The minimum absolute atomic E-state index is 0.229. The van der Waals surface area contributed by atoms with Crippen LogP contribution in [0.4, 0.5) is 0 Å². The molecule has 0 fully saturated rings. The lowest BCUT2D eigenvalue weighted by Gasteiger charge is -2.08. The molecule has 128 valence electrons. The average Bonchev–Trinajstić information content (AvgIpc) is 3.09. The van der Waals surface area contributed by atoms with Crippen LogP contribution in [0.1, 0.15) is 38.5 Å². The molecule has 0 spiro atoms. The van der Waals surface area contributed by atoms with Crippen LogP contribution in [-0.4, -0.2) is 18.4 Å². The van der Waals surface area contributed by atoms with Gasteiger partial charge in [-0.05, 0) is 61.6 Å². The molecular formula is C18H17N3O3S. The largest absolute Gasteiger partial charge is 0.484 e. The fourth-order valence-corrected chi connectivity index (χ4v) is 3.75. The van der Waals surface area contributed by atoms with Crippen molar-refractivity contribution < 1.29 is 14.3 Å². The SMILES string of the molecule is N#Cc1ccc(OCC(=O)NNC(=O)c2cc3c(s2)CCCC3)cc1. The second kappa shape index (κ2) is 7.81. The number of nitrogens with one attached hydrogen (secondary N) is 2. The number of carbonyl (C=O) groups is 2. The van der Waals surface area contributed by atoms with Gasteiger partial charge in [-0.15, -0.1) is 11.3 Å². The predicted octanol–water partition coefficient (Wildman–Crippen LogP) is 2.34. The number of benzene rings is 1. The number of thiophene rings is 1. The molecule has 6 nitrogen and oxygen atoms in total. The molecule has 0 unspecified atom stereocenters. The molecule has 0 saturated carbocycles. The van der Waals surface area contributed by atoms with E-state index in [2.05, 4.69) is 10.9 Å². The molecule has 1 heterocycles. The van der Waals surface area contributed by atoms with E-state index in [4.69, 9.17) is 10.00 Å². The Labute approximate surface area is 149 Å².